The largest absolute Gasteiger partial charge is 0.353 e. The van der Waals surface area contributed by atoms with E-state index in [-0.39, 0.29) is 17.5 Å². The van der Waals surface area contributed by atoms with Crippen LogP contribution in [-0.2, 0) is 0 Å². The normalized spacial score (nSPS) is 10.7. The summed E-state index contributed by atoms with van der Waals surface area (Å²) in [4.78, 5) is 20.8. The summed E-state index contributed by atoms with van der Waals surface area (Å²) in [7, 11) is 0. The molecule has 0 radical (unpaired) electrons. The number of aromatic nitrogens is 2. The van der Waals surface area contributed by atoms with Gasteiger partial charge in [0, 0.05) is 24.6 Å². The third kappa shape index (κ3) is 3.59. The molecule has 0 amide bonds. The molecule has 1 N–H and O–H groups in total. The molecule has 98 valence electrons. The van der Waals surface area contributed by atoms with Crippen molar-refractivity contribution in [1.82, 2.24) is 9.97 Å². The van der Waals surface area contributed by atoms with Gasteiger partial charge in [-0.15, -0.1) is 0 Å². The summed E-state index contributed by atoms with van der Waals surface area (Å²) in [6.45, 7) is 8.60. The predicted octanol–water partition coefficient (Wildman–Crippen LogP) is 2.02. The van der Waals surface area contributed by atoms with Crippen LogP contribution in [0, 0.1) is 11.3 Å². The zero-order chi connectivity index (χ0) is 13.7. The van der Waals surface area contributed by atoms with Gasteiger partial charge in [-0.25, -0.2) is 4.98 Å². The summed E-state index contributed by atoms with van der Waals surface area (Å²) in [6.07, 6.45) is 0.420. The number of H-pyrrole nitrogens is 1. The van der Waals surface area contributed by atoms with Crippen LogP contribution in [-0.4, -0.2) is 22.6 Å². The lowest BCUT2D eigenvalue weighted by Crippen LogP contribution is -2.33. The van der Waals surface area contributed by atoms with Crippen molar-refractivity contribution in [3.8, 4) is 6.07 Å². The Kier molecular flexibility index (Phi) is 4.90. The molecule has 0 spiro atoms. The molecule has 0 aliphatic rings. The van der Waals surface area contributed by atoms with E-state index in [1.807, 2.05) is 32.6 Å². The third-order valence-electron chi connectivity index (χ3n) is 2.68. The summed E-state index contributed by atoms with van der Waals surface area (Å²) < 4.78 is 0. The summed E-state index contributed by atoms with van der Waals surface area (Å²) in [6, 6.07) is 3.81. The van der Waals surface area contributed by atoms with Crippen LogP contribution in [0.2, 0.25) is 0 Å². The van der Waals surface area contributed by atoms with Crippen LogP contribution in [0.4, 0.5) is 5.82 Å². The van der Waals surface area contributed by atoms with E-state index >= 15 is 0 Å². The molecule has 0 atom stereocenters. The minimum absolute atomic E-state index is 0.147. The van der Waals surface area contributed by atoms with E-state index in [0.717, 1.165) is 0 Å². The first-order chi connectivity index (χ1) is 8.45. The lowest BCUT2D eigenvalue weighted by molar-refractivity contribution is 0.664. The van der Waals surface area contributed by atoms with Crippen molar-refractivity contribution in [3.05, 3.63) is 22.2 Å². The standard InChI is InChI=1S/C13H20N4O/c1-9(2)13-15-11(8-12(18)16-13)17(10(3)4)7-5-6-14/h8-10H,5,7H2,1-4H3,(H,15,16,18). The number of nitrogens with zero attached hydrogens (tertiary/aromatic N) is 3. The SMILES string of the molecule is CC(C)c1nc(N(CCC#N)C(C)C)cc(=O)[nH]1. The Hall–Kier alpha value is -1.83. The van der Waals surface area contributed by atoms with E-state index in [1.54, 1.807) is 0 Å². The molecule has 0 aliphatic heterocycles. The fourth-order valence-electron chi connectivity index (χ4n) is 1.69. The third-order valence-corrected chi connectivity index (χ3v) is 2.68. The zero-order valence-corrected chi connectivity index (χ0v) is 11.4. The van der Waals surface area contributed by atoms with Crippen LogP contribution < -0.4 is 10.5 Å². The highest BCUT2D eigenvalue weighted by Gasteiger charge is 2.14. The monoisotopic (exact) mass is 248 g/mol. The smallest absolute Gasteiger partial charge is 0.252 e. The van der Waals surface area contributed by atoms with E-state index in [0.29, 0.717) is 24.6 Å². The molecule has 1 heterocycles. The first-order valence-electron chi connectivity index (χ1n) is 6.20. The van der Waals surface area contributed by atoms with Gasteiger partial charge in [0.2, 0.25) is 0 Å². The molecule has 0 aromatic carbocycles. The average molecular weight is 248 g/mol. The van der Waals surface area contributed by atoms with Crippen molar-refractivity contribution in [2.75, 3.05) is 11.4 Å². The highest BCUT2D eigenvalue weighted by atomic mass is 16.1. The molecule has 0 saturated carbocycles. The highest BCUT2D eigenvalue weighted by Crippen LogP contribution is 2.15. The molecule has 0 fully saturated rings. The number of hydrogen-bond donors (Lipinski definition) is 1. The minimum atomic E-state index is -0.147. The van der Waals surface area contributed by atoms with Gasteiger partial charge in [0.1, 0.15) is 11.6 Å². The Morgan fingerprint density at radius 3 is 2.61 bits per heavy atom. The van der Waals surface area contributed by atoms with Crippen molar-refractivity contribution in [2.24, 2.45) is 0 Å². The Morgan fingerprint density at radius 1 is 1.44 bits per heavy atom. The summed E-state index contributed by atoms with van der Waals surface area (Å²) >= 11 is 0. The lowest BCUT2D eigenvalue weighted by Gasteiger charge is -2.27. The van der Waals surface area contributed by atoms with Gasteiger partial charge in [0.05, 0.1) is 12.5 Å². The van der Waals surface area contributed by atoms with E-state index in [9.17, 15) is 4.79 Å². The molecule has 5 nitrogen and oxygen atoms in total. The summed E-state index contributed by atoms with van der Waals surface area (Å²) in [5.41, 5.74) is -0.147. The van der Waals surface area contributed by atoms with E-state index in [1.165, 1.54) is 6.07 Å². The van der Waals surface area contributed by atoms with Crippen molar-refractivity contribution in [3.63, 3.8) is 0 Å². The second kappa shape index (κ2) is 6.20. The molecule has 0 unspecified atom stereocenters. The number of nitriles is 1. The number of aromatic amines is 1. The molecular weight excluding hydrogens is 228 g/mol. The number of rotatable bonds is 5. The van der Waals surface area contributed by atoms with Crippen molar-refractivity contribution in [2.45, 2.75) is 46.1 Å². The summed E-state index contributed by atoms with van der Waals surface area (Å²) in [5.74, 6) is 1.50. The van der Waals surface area contributed by atoms with Gasteiger partial charge >= 0.3 is 0 Å². The fourth-order valence-corrected chi connectivity index (χ4v) is 1.69. The lowest BCUT2D eigenvalue weighted by atomic mass is 10.2. The highest BCUT2D eigenvalue weighted by molar-refractivity contribution is 5.38. The maximum Gasteiger partial charge on any atom is 0.252 e. The predicted molar refractivity (Wildman–Crippen MR) is 71.7 cm³/mol. The van der Waals surface area contributed by atoms with Crippen LogP contribution in [0.15, 0.2) is 10.9 Å². The zero-order valence-electron chi connectivity index (χ0n) is 11.4. The molecule has 18 heavy (non-hydrogen) atoms. The molecule has 0 aliphatic carbocycles. The van der Waals surface area contributed by atoms with Crippen LogP contribution in [0.1, 0.15) is 45.9 Å². The van der Waals surface area contributed by atoms with Crippen molar-refractivity contribution in [1.29, 1.82) is 5.26 Å². The van der Waals surface area contributed by atoms with Gasteiger partial charge < -0.3 is 9.88 Å². The molecule has 1 aromatic heterocycles. The Balaban J connectivity index is 3.12. The number of hydrogen-bond acceptors (Lipinski definition) is 4. The van der Waals surface area contributed by atoms with Crippen molar-refractivity contribution < 1.29 is 0 Å². The fraction of sp³-hybridized carbons (Fsp3) is 0.615. The Bertz CT molecular complexity index is 484. The number of nitrogens with one attached hydrogen (secondary N) is 1. The van der Waals surface area contributed by atoms with Crippen LogP contribution in [0.25, 0.3) is 0 Å². The van der Waals surface area contributed by atoms with Gasteiger partial charge in [-0.1, -0.05) is 13.8 Å². The topological polar surface area (TPSA) is 72.8 Å². The van der Waals surface area contributed by atoms with Crippen LogP contribution >= 0.6 is 0 Å². The summed E-state index contributed by atoms with van der Waals surface area (Å²) in [5, 5.41) is 8.68. The second-order valence-corrected chi connectivity index (χ2v) is 4.84. The maximum atomic E-state index is 11.6. The number of anilines is 1. The molecule has 5 heteroatoms. The quantitative estimate of drug-likeness (QED) is 0.865. The van der Waals surface area contributed by atoms with E-state index < -0.39 is 0 Å². The van der Waals surface area contributed by atoms with Crippen molar-refractivity contribution >= 4 is 5.82 Å². The Labute approximate surface area is 107 Å². The van der Waals surface area contributed by atoms with Gasteiger partial charge in [0.15, 0.2) is 0 Å². The molecule has 1 aromatic rings. The van der Waals surface area contributed by atoms with Gasteiger partial charge in [0.25, 0.3) is 5.56 Å². The molecule has 0 bridgehead atoms. The van der Waals surface area contributed by atoms with E-state index in [2.05, 4.69) is 16.0 Å². The Morgan fingerprint density at radius 2 is 2.11 bits per heavy atom. The average Bonchev–Trinajstić information content (AvgIpc) is 2.28. The van der Waals surface area contributed by atoms with E-state index in [4.69, 9.17) is 5.26 Å². The van der Waals surface area contributed by atoms with Crippen LogP contribution in [0.5, 0.6) is 0 Å². The maximum absolute atomic E-state index is 11.6. The first kappa shape index (κ1) is 14.2. The minimum Gasteiger partial charge on any atom is -0.353 e. The molecular formula is C13H20N4O. The molecule has 0 saturated heterocycles. The van der Waals surface area contributed by atoms with Crippen LogP contribution in [0.3, 0.4) is 0 Å². The first-order valence-corrected chi connectivity index (χ1v) is 6.20. The molecule has 1 rings (SSSR count). The van der Waals surface area contributed by atoms with Gasteiger partial charge in [-0.3, -0.25) is 4.79 Å². The second-order valence-electron chi connectivity index (χ2n) is 4.84. The van der Waals surface area contributed by atoms with Gasteiger partial charge in [-0.05, 0) is 13.8 Å². The van der Waals surface area contributed by atoms with Gasteiger partial charge in [-0.2, -0.15) is 5.26 Å².